The lowest BCUT2D eigenvalue weighted by atomic mass is 10.1. The first-order valence-electron chi connectivity index (χ1n) is 8.49. The molecule has 146 valence electrons. The number of amides is 1. The highest BCUT2D eigenvalue weighted by atomic mass is 31.2. The second-order valence-corrected chi connectivity index (χ2v) is 8.57. The molecule has 27 heavy (non-hydrogen) atoms. The minimum atomic E-state index is -3.25. The molecule has 2 aromatic rings. The molecule has 2 rings (SSSR count). The van der Waals surface area contributed by atoms with Crippen LogP contribution in [0.1, 0.15) is 23.6 Å². The lowest BCUT2D eigenvalue weighted by Gasteiger charge is -2.12. The smallest absolute Gasteiger partial charge is 0.407 e. The fourth-order valence-corrected chi connectivity index (χ4v) is 2.78. The highest BCUT2D eigenvalue weighted by Gasteiger charge is 2.11. The number of carbonyl (C=O) groups excluding carboxylic acids is 1. The molecular weight excluding hydrogens is 369 g/mol. The lowest BCUT2D eigenvalue weighted by molar-refractivity contribution is 0.139. The zero-order valence-electron chi connectivity index (χ0n) is 15.3. The Bertz CT molecular complexity index is 833. The number of nitrogens with one attached hydrogen (secondary N) is 1. The van der Waals surface area contributed by atoms with Gasteiger partial charge in [0, 0.05) is 13.2 Å². The van der Waals surface area contributed by atoms with Crippen molar-refractivity contribution in [2.75, 3.05) is 13.0 Å². The van der Waals surface area contributed by atoms with E-state index < -0.39 is 13.5 Å². The minimum absolute atomic E-state index is 0.112. The number of aryl methyl sites for hydroxylation is 1. The molecule has 0 saturated heterocycles. The summed E-state index contributed by atoms with van der Waals surface area (Å²) in [4.78, 5) is 21.2. The van der Waals surface area contributed by atoms with Crippen LogP contribution in [0.2, 0.25) is 0 Å². The predicted octanol–water partition coefficient (Wildman–Crippen LogP) is 3.62. The fourth-order valence-electron chi connectivity index (χ4n) is 2.39. The number of phenols is 1. The quantitative estimate of drug-likeness (QED) is 0.592. The van der Waals surface area contributed by atoms with Crippen molar-refractivity contribution < 1.29 is 28.8 Å². The maximum Gasteiger partial charge on any atom is 0.407 e. The Morgan fingerprint density at radius 2 is 1.96 bits per heavy atom. The van der Waals surface area contributed by atoms with Crippen LogP contribution in [-0.2, 0) is 28.9 Å². The van der Waals surface area contributed by atoms with Gasteiger partial charge in [0.25, 0.3) is 0 Å². The summed E-state index contributed by atoms with van der Waals surface area (Å²) in [6.45, 7) is 3.53. The number of ether oxygens (including phenoxy) is 2. The molecule has 1 amide bonds. The third-order valence-corrected chi connectivity index (χ3v) is 4.34. The number of carbonyl (C=O) groups is 1. The number of benzene rings is 2. The maximum atomic E-state index is 11.9. The molecule has 0 fully saturated rings. The summed E-state index contributed by atoms with van der Waals surface area (Å²) in [5, 5.41) is 12.1. The van der Waals surface area contributed by atoms with E-state index in [2.05, 4.69) is 5.32 Å². The topological polar surface area (TPSA) is 105 Å². The van der Waals surface area contributed by atoms with Gasteiger partial charge < -0.3 is 24.8 Å². The van der Waals surface area contributed by atoms with Gasteiger partial charge in [-0.25, -0.2) is 4.79 Å². The Morgan fingerprint density at radius 3 is 2.67 bits per heavy atom. The molecule has 1 unspecified atom stereocenters. The molecule has 0 aromatic heterocycles. The number of hydrogen-bond acceptors (Lipinski definition) is 5. The summed E-state index contributed by atoms with van der Waals surface area (Å²) in [7, 11) is -3.25. The van der Waals surface area contributed by atoms with Crippen LogP contribution in [0.3, 0.4) is 0 Å². The second-order valence-electron chi connectivity index (χ2n) is 6.21. The number of hydrogen-bond donors (Lipinski definition) is 3. The third kappa shape index (κ3) is 7.33. The Labute approximate surface area is 158 Å². The number of phenolic OH excluding ortho intramolecular Hbond substituents is 1. The summed E-state index contributed by atoms with van der Waals surface area (Å²) in [6, 6.07) is 11.8. The molecule has 1 atom stereocenters. The molecule has 3 N–H and O–H groups in total. The van der Waals surface area contributed by atoms with E-state index in [-0.39, 0.29) is 25.2 Å². The molecule has 0 aliphatic carbocycles. The van der Waals surface area contributed by atoms with Crippen LogP contribution in [0.25, 0.3) is 0 Å². The van der Waals surface area contributed by atoms with Crippen LogP contribution < -0.4 is 10.1 Å². The molecular formula is C19H24NO6P. The van der Waals surface area contributed by atoms with Gasteiger partial charge in [0.05, 0.1) is 0 Å². The van der Waals surface area contributed by atoms with Crippen LogP contribution in [0.15, 0.2) is 42.5 Å². The summed E-state index contributed by atoms with van der Waals surface area (Å²) in [5.41, 5.74) is 2.53. The SMILES string of the molecule is CCc1cc(O)ccc1COC(=O)NCc1cccc(OCP(C)(=O)O)c1. The Morgan fingerprint density at radius 1 is 1.19 bits per heavy atom. The van der Waals surface area contributed by atoms with Crippen molar-refractivity contribution in [2.24, 2.45) is 0 Å². The first-order valence-corrected chi connectivity index (χ1v) is 10.8. The summed E-state index contributed by atoms with van der Waals surface area (Å²) in [6.07, 6.45) is -0.108. The number of aromatic hydroxyl groups is 1. The van der Waals surface area contributed by atoms with Crippen molar-refractivity contribution in [3.63, 3.8) is 0 Å². The van der Waals surface area contributed by atoms with E-state index in [1.807, 2.05) is 6.92 Å². The average molecular weight is 393 g/mol. The van der Waals surface area contributed by atoms with E-state index >= 15 is 0 Å². The maximum absolute atomic E-state index is 11.9. The molecule has 0 saturated carbocycles. The third-order valence-electron chi connectivity index (χ3n) is 3.74. The van der Waals surface area contributed by atoms with Gasteiger partial charge in [-0.05, 0) is 47.4 Å². The van der Waals surface area contributed by atoms with Crippen molar-refractivity contribution in [2.45, 2.75) is 26.5 Å². The van der Waals surface area contributed by atoms with Crippen molar-refractivity contribution in [1.29, 1.82) is 0 Å². The van der Waals surface area contributed by atoms with Gasteiger partial charge in [-0.3, -0.25) is 4.57 Å². The standard InChI is InChI=1S/C19H24NO6P/c1-3-15-10-17(21)8-7-16(15)12-25-19(22)20-11-14-5-4-6-18(9-14)26-13-27(2,23)24/h4-10,21H,3,11-13H2,1-2H3,(H,20,22)(H,23,24). The Kier molecular flexibility index (Phi) is 7.28. The monoisotopic (exact) mass is 393 g/mol. The van der Waals surface area contributed by atoms with Crippen LogP contribution >= 0.6 is 7.37 Å². The molecule has 0 radical (unpaired) electrons. The highest BCUT2D eigenvalue weighted by Crippen LogP contribution is 2.35. The zero-order chi connectivity index (χ0) is 19.9. The molecule has 0 aliphatic heterocycles. The lowest BCUT2D eigenvalue weighted by Crippen LogP contribution is -2.23. The molecule has 0 bridgehead atoms. The van der Waals surface area contributed by atoms with E-state index in [1.54, 1.807) is 42.5 Å². The molecule has 7 nitrogen and oxygen atoms in total. The molecule has 0 spiro atoms. The zero-order valence-corrected chi connectivity index (χ0v) is 16.2. The van der Waals surface area contributed by atoms with Crippen LogP contribution in [0.4, 0.5) is 4.79 Å². The van der Waals surface area contributed by atoms with Gasteiger partial charge in [-0.15, -0.1) is 0 Å². The predicted molar refractivity (Wildman–Crippen MR) is 102 cm³/mol. The van der Waals surface area contributed by atoms with Gasteiger partial charge in [-0.2, -0.15) is 0 Å². The Balaban J connectivity index is 1.84. The number of alkyl carbamates (subject to hydrolysis) is 1. The van der Waals surface area contributed by atoms with E-state index in [9.17, 15) is 19.4 Å². The average Bonchev–Trinajstić information content (AvgIpc) is 2.63. The summed E-state index contributed by atoms with van der Waals surface area (Å²) >= 11 is 0. The van der Waals surface area contributed by atoms with Gasteiger partial charge in [0.2, 0.25) is 7.37 Å². The van der Waals surface area contributed by atoms with E-state index in [0.29, 0.717) is 5.75 Å². The summed E-state index contributed by atoms with van der Waals surface area (Å²) in [5.74, 6) is 0.637. The normalized spacial score (nSPS) is 12.9. The van der Waals surface area contributed by atoms with Crippen LogP contribution in [0.5, 0.6) is 11.5 Å². The molecule has 0 heterocycles. The van der Waals surface area contributed by atoms with Crippen LogP contribution in [-0.4, -0.2) is 29.1 Å². The van der Waals surface area contributed by atoms with E-state index in [4.69, 9.17) is 9.47 Å². The van der Waals surface area contributed by atoms with E-state index in [1.165, 1.54) is 6.66 Å². The second kappa shape index (κ2) is 9.44. The largest absolute Gasteiger partial charge is 0.508 e. The van der Waals surface area contributed by atoms with Crippen LogP contribution in [0, 0.1) is 0 Å². The van der Waals surface area contributed by atoms with E-state index in [0.717, 1.165) is 23.1 Å². The Hall–Kier alpha value is -2.50. The molecule has 2 aromatic carbocycles. The summed E-state index contributed by atoms with van der Waals surface area (Å²) < 4.78 is 21.8. The molecule has 0 aliphatic rings. The fraction of sp³-hybridized carbons (Fsp3) is 0.316. The van der Waals surface area contributed by atoms with Gasteiger partial charge in [-0.1, -0.05) is 25.1 Å². The van der Waals surface area contributed by atoms with Crippen molar-refractivity contribution in [3.8, 4) is 11.5 Å². The minimum Gasteiger partial charge on any atom is -0.508 e. The first-order chi connectivity index (χ1) is 12.8. The first kappa shape index (κ1) is 20.8. The van der Waals surface area contributed by atoms with Gasteiger partial charge in [0.1, 0.15) is 18.1 Å². The van der Waals surface area contributed by atoms with Crippen molar-refractivity contribution in [3.05, 3.63) is 59.2 Å². The number of rotatable bonds is 8. The van der Waals surface area contributed by atoms with Gasteiger partial charge >= 0.3 is 6.09 Å². The van der Waals surface area contributed by atoms with Gasteiger partial charge in [0.15, 0.2) is 6.35 Å². The highest BCUT2D eigenvalue weighted by molar-refractivity contribution is 7.56. The van der Waals surface area contributed by atoms with Crippen molar-refractivity contribution >= 4 is 13.5 Å². The van der Waals surface area contributed by atoms with Crippen molar-refractivity contribution in [1.82, 2.24) is 5.32 Å². The molecule has 8 heteroatoms.